The van der Waals surface area contributed by atoms with E-state index in [-0.39, 0.29) is 11.6 Å². The molecule has 2 amide bonds. The van der Waals surface area contributed by atoms with Gasteiger partial charge in [0.1, 0.15) is 5.70 Å². The first-order chi connectivity index (χ1) is 21.9. The number of nitrogens with zero attached hydrogens (tertiary/aromatic N) is 1. The smallest absolute Gasteiger partial charge is 0.272 e. The molecule has 0 radical (unpaired) electrons. The molecule has 1 atom stereocenters. The van der Waals surface area contributed by atoms with E-state index in [1.54, 1.807) is 65.2 Å². The zero-order chi connectivity index (χ0) is 31.3. The van der Waals surface area contributed by atoms with Crippen molar-refractivity contribution in [2.45, 2.75) is 17.1 Å². The number of amides is 2. The predicted octanol–water partition coefficient (Wildman–Crippen LogP) is 8.68. The molecule has 6 rings (SSSR count). The molecule has 0 fully saturated rings. The summed E-state index contributed by atoms with van der Waals surface area (Å²) in [6.45, 7) is 1.88. The van der Waals surface area contributed by atoms with E-state index in [4.69, 9.17) is 11.6 Å². The molecular formula is C37H28ClN3O3S. The third-order valence-electron chi connectivity index (χ3n) is 7.24. The number of anilines is 1. The molecule has 0 saturated carbocycles. The van der Waals surface area contributed by atoms with Crippen molar-refractivity contribution in [3.8, 4) is 0 Å². The number of hydrogen-bond acceptors (Lipinski definition) is 4. The second kappa shape index (κ2) is 13.3. The van der Waals surface area contributed by atoms with Crippen molar-refractivity contribution < 1.29 is 14.4 Å². The van der Waals surface area contributed by atoms with Crippen LogP contribution in [0.25, 0.3) is 27.9 Å². The fourth-order valence-electron chi connectivity index (χ4n) is 5.15. The highest BCUT2D eigenvalue weighted by Crippen LogP contribution is 2.32. The number of thioether (sulfide) groups is 1. The van der Waals surface area contributed by atoms with E-state index in [9.17, 15) is 14.4 Å². The van der Waals surface area contributed by atoms with Gasteiger partial charge in [-0.05, 0) is 73.2 Å². The molecule has 8 heteroatoms. The van der Waals surface area contributed by atoms with Crippen LogP contribution in [0.2, 0.25) is 5.02 Å². The zero-order valence-corrected chi connectivity index (χ0v) is 25.8. The second-order valence-corrected chi connectivity index (χ2v) is 12.2. The number of aromatic nitrogens is 1. The minimum absolute atomic E-state index is 0.0396. The van der Waals surface area contributed by atoms with Gasteiger partial charge in [0.15, 0.2) is 0 Å². The lowest BCUT2D eigenvalue weighted by Gasteiger charge is -2.15. The van der Waals surface area contributed by atoms with Gasteiger partial charge in [-0.2, -0.15) is 0 Å². The molecule has 2 N–H and O–H groups in total. The standard InChI is InChI=1S/C37H28ClN3O3S/c1-24(37(44)41-33-19-7-5-17-30(33)31-18-6-8-20-34(31)41)45-29-16-10-15-28(23-29)39-36(43)32(22-25-11-9-14-27(38)21-25)40-35(42)26-12-3-2-4-13-26/h2-24H,1H3,(H,39,43)(H,40,42)/b32-22-. The van der Waals surface area contributed by atoms with Crippen molar-refractivity contribution in [3.63, 3.8) is 0 Å². The first-order valence-corrected chi connectivity index (χ1v) is 15.6. The highest BCUT2D eigenvalue weighted by Gasteiger charge is 2.22. The molecule has 0 spiro atoms. The lowest BCUT2D eigenvalue weighted by molar-refractivity contribution is -0.113. The maximum atomic E-state index is 13.8. The van der Waals surface area contributed by atoms with Gasteiger partial charge >= 0.3 is 0 Å². The Morgan fingerprint density at radius 2 is 1.40 bits per heavy atom. The van der Waals surface area contributed by atoms with Gasteiger partial charge in [0.2, 0.25) is 5.91 Å². The van der Waals surface area contributed by atoms with Crippen LogP contribution in [-0.4, -0.2) is 27.5 Å². The van der Waals surface area contributed by atoms with Crippen molar-refractivity contribution >= 4 is 74.7 Å². The monoisotopic (exact) mass is 629 g/mol. The van der Waals surface area contributed by atoms with Gasteiger partial charge in [-0.1, -0.05) is 84.4 Å². The number of fused-ring (bicyclic) bond motifs is 3. The highest BCUT2D eigenvalue weighted by molar-refractivity contribution is 8.00. The summed E-state index contributed by atoms with van der Waals surface area (Å²) < 4.78 is 1.79. The lowest BCUT2D eigenvalue weighted by atomic mass is 10.1. The van der Waals surface area contributed by atoms with Gasteiger partial charge in [0.05, 0.1) is 16.3 Å². The van der Waals surface area contributed by atoms with Crippen molar-refractivity contribution in [1.29, 1.82) is 0 Å². The first kappa shape index (κ1) is 29.9. The molecule has 222 valence electrons. The summed E-state index contributed by atoms with van der Waals surface area (Å²) in [5.41, 5.74) is 3.39. The Morgan fingerprint density at radius 3 is 2.09 bits per heavy atom. The molecule has 0 aliphatic rings. The molecule has 45 heavy (non-hydrogen) atoms. The molecule has 0 saturated heterocycles. The van der Waals surface area contributed by atoms with Gasteiger partial charge in [-0.25, -0.2) is 0 Å². The fraction of sp³-hybridized carbons (Fsp3) is 0.0541. The Labute approximate surface area is 269 Å². The van der Waals surface area contributed by atoms with Crippen LogP contribution in [-0.2, 0) is 4.79 Å². The van der Waals surface area contributed by atoms with E-state index >= 15 is 0 Å². The second-order valence-electron chi connectivity index (χ2n) is 10.4. The van der Waals surface area contributed by atoms with Gasteiger partial charge in [-0.15, -0.1) is 11.8 Å². The van der Waals surface area contributed by atoms with Gasteiger partial charge < -0.3 is 10.6 Å². The SMILES string of the molecule is CC(Sc1cccc(NC(=O)/C(=C/c2cccc(Cl)c2)NC(=O)c2ccccc2)c1)C(=O)n1c2ccccc2c2ccccc21. The average molecular weight is 630 g/mol. The molecule has 1 heterocycles. The number of hydrogen-bond donors (Lipinski definition) is 2. The first-order valence-electron chi connectivity index (χ1n) is 14.3. The number of carbonyl (C=O) groups is 3. The molecule has 0 aliphatic carbocycles. The Bertz CT molecular complexity index is 2030. The number of carbonyl (C=O) groups excluding carboxylic acids is 3. The molecule has 6 nitrogen and oxygen atoms in total. The molecule has 0 aliphatic heterocycles. The fourth-order valence-corrected chi connectivity index (χ4v) is 6.31. The van der Waals surface area contributed by atoms with Crippen LogP contribution >= 0.6 is 23.4 Å². The van der Waals surface area contributed by atoms with Crippen LogP contribution in [0, 0.1) is 0 Å². The third-order valence-corrected chi connectivity index (χ3v) is 8.56. The quantitative estimate of drug-likeness (QED) is 0.130. The van der Waals surface area contributed by atoms with E-state index in [2.05, 4.69) is 10.6 Å². The summed E-state index contributed by atoms with van der Waals surface area (Å²) in [6, 6.07) is 38.8. The molecular weight excluding hydrogens is 602 g/mol. The normalized spacial score (nSPS) is 12.2. The number of benzene rings is 5. The number of nitrogens with one attached hydrogen (secondary N) is 2. The summed E-state index contributed by atoms with van der Waals surface area (Å²) >= 11 is 7.57. The minimum Gasteiger partial charge on any atom is -0.321 e. The van der Waals surface area contributed by atoms with E-state index in [1.807, 2.05) is 79.7 Å². The topological polar surface area (TPSA) is 80.2 Å². The molecule has 5 aromatic carbocycles. The van der Waals surface area contributed by atoms with Gasteiger partial charge in [-0.3, -0.25) is 19.0 Å². The van der Waals surface area contributed by atoms with Crippen molar-refractivity contribution in [3.05, 3.63) is 149 Å². The number of halogens is 1. The van der Waals surface area contributed by atoms with Crippen LogP contribution in [0.4, 0.5) is 5.69 Å². The molecule has 6 aromatic rings. The molecule has 1 unspecified atom stereocenters. The lowest BCUT2D eigenvalue weighted by Crippen LogP contribution is -2.30. The summed E-state index contributed by atoms with van der Waals surface area (Å²) in [6.07, 6.45) is 1.58. The highest BCUT2D eigenvalue weighted by atomic mass is 35.5. The number of para-hydroxylation sites is 2. The molecule has 0 bridgehead atoms. The largest absolute Gasteiger partial charge is 0.321 e. The van der Waals surface area contributed by atoms with E-state index in [1.165, 1.54) is 11.8 Å². The van der Waals surface area contributed by atoms with Crippen LogP contribution < -0.4 is 10.6 Å². The summed E-state index contributed by atoms with van der Waals surface area (Å²) in [5, 5.41) is 7.79. The Balaban J connectivity index is 1.22. The molecule has 1 aromatic heterocycles. The summed E-state index contributed by atoms with van der Waals surface area (Å²) in [7, 11) is 0. The maximum absolute atomic E-state index is 13.8. The summed E-state index contributed by atoms with van der Waals surface area (Å²) in [5.74, 6) is -0.959. The van der Waals surface area contributed by atoms with E-state index < -0.39 is 17.1 Å². The Morgan fingerprint density at radius 1 is 0.756 bits per heavy atom. The van der Waals surface area contributed by atoms with Crippen LogP contribution in [0.3, 0.4) is 0 Å². The van der Waals surface area contributed by atoms with Gasteiger partial charge in [0.25, 0.3) is 11.8 Å². The van der Waals surface area contributed by atoms with Crippen LogP contribution in [0.15, 0.2) is 138 Å². The minimum atomic E-state index is -0.504. The van der Waals surface area contributed by atoms with Gasteiger partial charge in [0, 0.05) is 31.9 Å². The predicted molar refractivity (Wildman–Crippen MR) is 184 cm³/mol. The van der Waals surface area contributed by atoms with Crippen molar-refractivity contribution in [1.82, 2.24) is 9.88 Å². The zero-order valence-electron chi connectivity index (χ0n) is 24.2. The van der Waals surface area contributed by atoms with E-state index in [0.29, 0.717) is 21.8 Å². The van der Waals surface area contributed by atoms with Crippen molar-refractivity contribution in [2.75, 3.05) is 5.32 Å². The van der Waals surface area contributed by atoms with Crippen molar-refractivity contribution in [2.24, 2.45) is 0 Å². The number of rotatable bonds is 8. The Hall–Kier alpha value is -5.11. The summed E-state index contributed by atoms with van der Waals surface area (Å²) in [4.78, 5) is 41.1. The Kier molecular flexibility index (Phi) is 8.82. The van der Waals surface area contributed by atoms with Crippen LogP contribution in [0.5, 0.6) is 0 Å². The maximum Gasteiger partial charge on any atom is 0.272 e. The average Bonchev–Trinajstić information content (AvgIpc) is 3.39. The van der Waals surface area contributed by atoms with Crippen LogP contribution in [0.1, 0.15) is 27.6 Å². The third kappa shape index (κ3) is 6.70. The van der Waals surface area contributed by atoms with E-state index in [0.717, 1.165) is 26.7 Å².